The van der Waals surface area contributed by atoms with E-state index < -0.39 is 27.9 Å². The molecule has 0 radical (unpaired) electrons. The van der Waals surface area contributed by atoms with Crippen molar-refractivity contribution >= 4 is 56.8 Å². The van der Waals surface area contributed by atoms with Crippen molar-refractivity contribution in [2.24, 2.45) is 0 Å². The zero-order valence-electron chi connectivity index (χ0n) is 21.7. The molecular formula is C28H31N3O6S2. The van der Waals surface area contributed by atoms with Crippen molar-refractivity contribution in [1.29, 1.82) is 0 Å². The van der Waals surface area contributed by atoms with E-state index in [1.54, 1.807) is 49.4 Å². The van der Waals surface area contributed by atoms with E-state index in [1.807, 2.05) is 24.3 Å². The second-order valence-corrected chi connectivity index (χ2v) is 12.0. The minimum absolute atomic E-state index is 0.0805. The summed E-state index contributed by atoms with van der Waals surface area (Å²) in [6, 6.07) is 18.0. The van der Waals surface area contributed by atoms with Crippen molar-refractivity contribution < 1.29 is 27.5 Å². The molecule has 0 aliphatic carbocycles. The fourth-order valence-electron chi connectivity index (χ4n) is 4.56. The molecular weight excluding hydrogens is 538 g/mol. The SMILES string of the molecule is CCOC(=O)c1cccc(NCC(=O)CN(C)C(=O)C2CC(S)CN2S(=O)(=O)c2ccc3ccccc3c2)c1. The number of carbonyl (C=O) groups is 3. The first kappa shape index (κ1) is 28.6. The van der Waals surface area contributed by atoms with Crippen LogP contribution < -0.4 is 5.32 Å². The molecule has 0 spiro atoms. The zero-order valence-corrected chi connectivity index (χ0v) is 23.5. The molecule has 4 rings (SSSR count). The van der Waals surface area contributed by atoms with Crippen LogP contribution in [0.15, 0.2) is 71.6 Å². The van der Waals surface area contributed by atoms with Crippen LogP contribution in [-0.2, 0) is 24.3 Å². The van der Waals surface area contributed by atoms with Crippen LogP contribution in [0.1, 0.15) is 23.7 Å². The Morgan fingerprint density at radius 3 is 2.54 bits per heavy atom. The molecule has 1 aliphatic heterocycles. The van der Waals surface area contributed by atoms with Gasteiger partial charge in [0.05, 0.1) is 30.2 Å². The van der Waals surface area contributed by atoms with Gasteiger partial charge in [0.2, 0.25) is 15.9 Å². The van der Waals surface area contributed by atoms with Crippen LogP contribution in [-0.4, -0.2) is 79.9 Å². The lowest BCUT2D eigenvalue weighted by atomic mass is 10.1. The third-order valence-electron chi connectivity index (χ3n) is 6.50. The van der Waals surface area contributed by atoms with E-state index in [4.69, 9.17) is 4.74 Å². The first-order valence-electron chi connectivity index (χ1n) is 12.6. The Kier molecular flexibility index (Phi) is 8.94. The van der Waals surface area contributed by atoms with Crippen molar-refractivity contribution in [1.82, 2.24) is 9.21 Å². The number of esters is 1. The van der Waals surface area contributed by atoms with Crippen molar-refractivity contribution in [2.45, 2.75) is 29.5 Å². The number of anilines is 1. The van der Waals surface area contributed by atoms with Gasteiger partial charge in [-0.3, -0.25) is 9.59 Å². The lowest BCUT2D eigenvalue weighted by Crippen LogP contribution is -2.48. The molecule has 1 fully saturated rings. The maximum atomic E-state index is 13.6. The number of benzene rings is 3. The summed E-state index contributed by atoms with van der Waals surface area (Å²) < 4.78 is 33.3. The van der Waals surface area contributed by atoms with Gasteiger partial charge in [-0.25, -0.2) is 13.2 Å². The second-order valence-electron chi connectivity index (χ2n) is 9.38. The fourth-order valence-corrected chi connectivity index (χ4v) is 6.72. The molecule has 3 aromatic carbocycles. The van der Waals surface area contributed by atoms with Gasteiger partial charge in [-0.05, 0) is 54.4 Å². The highest BCUT2D eigenvalue weighted by molar-refractivity contribution is 7.89. The van der Waals surface area contributed by atoms with E-state index >= 15 is 0 Å². The minimum Gasteiger partial charge on any atom is -0.462 e. The maximum Gasteiger partial charge on any atom is 0.338 e. The number of hydrogen-bond acceptors (Lipinski definition) is 8. The number of hydrogen-bond donors (Lipinski definition) is 2. The Hall–Kier alpha value is -3.41. The van der Waals surface area contributed by atoms with Crippen molar-refractivity contribution in [3.63, 3.8) is 0 Å². The molecule has 1 saturated heterocycles. The van der Waals surface area contributed by atoms with E-state index in [-0.39, 0.29) is 48.6 Å². The number of fused-ring (bicyclic) bond motifs is 1. The molecule has 1 amide bonds. The summed E-state index contributed by atoms with van der Waals surface area (Å²) in [5.41, 5.74) is 0.918. The first-order valence-corrected chi connectivity index (χ1v) is 14.5. The monoisotopic (exact) mass is 569 g/mol. The largest absolute Gasteiger partial charge is 0.462 e. The highest BCUT2D eigenvalue weighted by atomic mass is 32.2. The first-order chi connectivity index (χ1) is 18.6. The molecule has 1 heterocycles. The van der Waals surface area contributed by atoms with Gasteiger partial charge < -0.3 is 15.0 Å². The number of thiol groups is 1. The molecule has 9 nitrogen and oxygen atoms in total. The van der Waals surface area contributed by atoms with Crippen LogP contribution >= 0.6 is 12.6 Å². The Morgan fingerprint density at radius 2 is 1.79 bits per heavy atom. The standard InChI is InChI=1S/C28H31N3O6S2/c1-3-37-28(34)21-9-6-10-22(13-21)29-16-23(32)17-30(2)27(33)26-15-24(38)18-31(26)39(35,36)25-12-11-19-7-4-5-8-20(19)14-25/h4-14,24,26,29,38H,3,15-18H2,1-2H3. The predicted molar refractivity (Wildman–Crippen MR) is 153 cm³/mol. The third-order valence-corrected chi connectivity index (χ3v) is 8.74. The molecule has 0 bridgehead atoms. The molecule has 0 aromatic heterocycles. The Labute approximate surface area is 233 Å². The lowest BCUT2D eigenvalue weighted by Gasteiger charge is -2.27. The van der Waals surface area contributed by atoms with E-state index in [0.717, 1.165) is 10.8 Å². The van der Waals surface area contributed by atoms with Gasteiger partial charge in [0.15, 0.2) is 5.78 Å². The second kappa shape index (κ2) is 12.2. The normalized spacial score (nSPS) is 17.6. The van der Waals surface area contributed by atoms with Gasteiger partial charge in [-0.15, -0.1) is 0 Å². The number of Topliss-reactive ketones (excluding diaryl/α,β-unsaturated/α-hetero) is 1. The van der Waals surface area contributed by atoms with Crippen LogP contribution in [0.5, 0.6) is 0 Å². The smallest absolute Gasteiger partial charge is 0.338 e. The number of ketones is 1. The van der Waals surface area contributed by atoms with E-state index in [9.17, 15) is 22.8 Å². The van der Waals surface area contributed by atoms with Crippen molar-refractivity contribution in [3.8, 4) is 0 Å². The van der Waals surface area contributed by atoms with Crippen LogP contribution in [0.25, 0.3) is 10.8 Å². The van der Waals surface area contributed by atoms with E-state index in [1.165, 1.54) is 16.3 Å². The maximum absolute atomic E-state index is 13.6. The quantitative estimate of drug-likeness (QED) is 0.285. The Bertz CT molecular complexity index is 1490. The molecule has 1 N–H and O–H groups in total. The van der Waals surface area contributed by atoms with Crippen LogP contribution in [0.2, 0.25) is 0 Å². The van der Waals surface area contributed by atoms with Gasteiger partial charge in [-0.2, -0.15) is 16.9 Å². The Balaban J connectivity index is 1.41. The topological polar surface area (TPSA) is 113 Å². The zero-order chi connectivity index (χ0) is 28.2. The predicted octanol–water partition coefficient (Wildman–Crippen LogP) is 3.22. The Morgan fingerprint density at radius 1 is 1.05 bits per heavy atom. The summed E-state index contributed by atoms with van der Waals surface area (Å²) in [7, 11) is -2.50. The molecule has 0 saturated carbocycles. The number of likely N-dealkylation sites (N-methyl/N-ethyl adjacent to an activating group) is 1. The number of carbonyl (C=O) groups excluding carboxylic acids is 3. The molecule has 2 atom stereocenters. The summed E-state index contributed by atoms with van der Waals surface area (Å²) in [5.74, 6) is -1.20. The van der Waals surface area contributed by atoms with Gasteiger partial charge in [0.25, 0.3) is 0 Å². The van der Waals surface area contributed by atoms with Crippen molar-refractivity contribution in [2.75, 3.05) is 38.6 Å². The third kappa shape index (κ3) is 6.60. The van der Waals surface area contributed by atoms with Crippen LogP contribution in [0, 0.1) is 0 Å². The fraction of sp³-hybridized carbons (Fsp3) is 0.321. The molecule has 2 unspecified atom stereocenters. The highest BCUT2D eigenvalue weighted by Gasteiger charge is 2.44. The molecule has 11 heteroatoms. The average molecular weight is 570 g/mol. The van der Waals surface area contributed by atoms with Gasteiger partial charge in [-0.1, -0.05) is 36.4 Å². The molecule has 3 aromatic rings. The average Bonchev–Trinajstić information content (AvgIpc) is 3.33. The van der Waals surface area contributed by atoms with E-state index in [2.05, 4.69) is 17.9 Å². The highest BCUT2D eigenvalue weighted by Crippen LogP contribution is 2.31. The summed E-state index contributed by atoms with van der Waals surface area (Å²) in [5, 5.41) is 4.34. The van der Waals surface area contributed by atoms with E-state index in [0.29, 0.717) is 11.3 Å². The summed E-state index contributed by atoms with van der Waals surface area (Å²) in [6.07, 6.45) is 0.242. The van der Waals surface area contributed by atoms with Gasteiger partial charge in [0.1, 0.15) is 6.04 Å². The van der Waals surface area contributed by atoms with Gasteiger partial charge in [0, 0.05) is 24.5 Å². The van der Waals surface area contributed by atoms with Gasteiger partial charge >= 0.3 is 5.97 Å². The lowest BCUT2D eigenvalue weighted by molar-refractivity contribution is -0.136. The van der Waals surface area contributed by atoms with Crippen molar-refractivity contribution in [3.05, 3.63) is 72.3 Å². The number of nitrogens with zero attached hydrogens (tertiary/aromatic N) is 2. The molecule has 206 valence electrons. The van der Waals surface area contributed by atoms with Crippen LogP contribution in [0.4, 0.5) is 5.69 Å². The summed E-state index contributed by atoms with van der Waals surface area (Å²) in [4.78, 5) is 39.3. The number of nitrogens with one attached hydrogen (secondary N) is 1. The summed E-state index contributed by atoms with van der Waals surface area (Å²) in [6.45, 7) is 1.78. The number of amides is 1. The number of sulfonamides is 1. The molecule has 1 aliphatic rings. The summed E-state index contributed by atoms with van der Waals surface area (Å²) >= 11 is 4.47. The minimum atomic E-state index is -3.98. The number of ether oxygens (including phenoxy) is 1. The molecule has 39 heavy (non-hydrogen) atoms. The number of rotatable bonds is 10. The van der Waals surface area contributed by atoms with Crippen LogP contribution in [0.3, 0.4) is 0 Å².